The molecule has 0 aliphatic heterocycles. The molecule has 0 atom stereocenters. The SMILES string of the molecule is Nc1cc(CCCF)c(I)cn1. The summed E-state index contributed by atoms with van der Waals surface area (Å²) in [6, 6.07) is 1.80. The van der Waals surface area contributed by atoms with Gasteiger partial charge in [0.25, 0.3) is 0 Å². The third kappa shape index (κ3) is 2.58. The van der Waals surface area contributed by atoms with Crippen molar-refractivity contribution in [1.29, 1.82) is 0 Å². The van der Waals surface area contributed by atoms with Crippen molar-refractivity contribution in [2.75, 3.05) is 12.4 Å². The molecular weight excluding hydrogens is 270 g/mol. The number of rotatable bonds is 3. The van der Waals surface area contributed by atoms with Crippen molar-refractivity contribution in [1.82, 2.24) is 4.98 Å². The molecule has 0 unspecified atom stereocenters. The Kier molecular flexibility index (Phi) is 3.71. The lowest BCUT2D eigenvalue weighted by molar-refractivity contribution is 0.472. The molecule has 1 aromatic rings. The second-order valence-corrected chi connectivity index (χ2v) is 3.66. The van der Waals surface area contributed by atoms with Crippen LogP contribution in [0.1, 0.15) is 12.0 Å². The molecular formula is C8H10FIN2. The van der Waals surface area contributed by atoms with Gasteiger partial charge in [0.15, 0.2) is 0 Å². The van der Waals surface area contributed by atoms with Gasteiger partial charge in [-0.2, -0.15) is 0 Å². The van der Waals surface area contributed by atoms with Gasteiger partial charge in [-0.3, -0.25) is 4.39 Å². The molecule has 0 bridgehead atoms. The van der Waals surface area contributed by atoms with E-state index >= 15 is 0 Å². The summed E-state index contributed by atoms with van der Waals surface area (Å²) in [5, 5.41) is 0. The molecule has 1 aromatic heterocycles. The van der Waals surface area contributed by atoms with Crippen molar-refractivity contribution in [2.45, 2.75) is 12.8 Å². The Morgan fingerprint density at radius 2 is 2.33 bits per heavy atom. The van der Waals surface area contributed by atoms with E-state index in [4.69, 9.17) is 5.73 Å². The molecule has 0 amide bonds. The van der Waals surface area contributed by atoms with Crippen LogP contribution < -0.4 is 5.73 Å². The maximum Gasteiger partial charge on any atom is 0.123 e. The maximum atomic E-state index is 11.9. The highest BCUT2D eigenvalue weighted by Gasteiger charge is 2.00. The van der Waals surface area contributed by atoms with Gasteiger partial charge in [0, 0.05) is 9.77 Å². The van der Waals surface area contributed by atoms with Gasteiger partial charge in [0.1, 0.15) is 5.82 Å². The van der Waals surface area contributed by atoms with Crippen LogP contribution in [0.3, 0.4) is 0 Å². The Hall–Kier alpha value is -0.390. The van der Waals surface area contributed by atoms with E-state index in [1.165, 1.54) is 0 Å². The fraction of sp³-hybridized carbons (Fsp3) is 0.375. The molecule has 0 saturated heterocycles. The molecule has 1 heterocycles. The fourth-order valence-corrected chi connectivity index (χ4v) is 1.51. The number of pyridine rings is 1. The lowest BCUT2D eigenvalue weighted by atomic mass is 10.1. The number of alkyl halides is 1. The molecule has 0 aliphatic rings. The Labute approximate surface area is 84.5 Å². The van der Waals surface area contributed by atoms with E-state index < -0.39 is 0 Å². The number of hydrogen-bond donors (Lipinski definition) is 1. The monoisotopic (exact) mass is 280 g/mol. The van der Waals surface area contributed by atoms with Crippen LogP contribution in [0.4, 0.5) is 10.2 Å². The molecule has 0 aliphatic carbocycles. The van der Waals surface area contributed by atoms with E-state index in [-0.39, 0.29) is 6.67 Å². The number of nitrogens with two attached hydrogens (primary N) is 1. The Morgan fingerprint density at radius 1 is 1.58 bits per heavy atom. The van der Waals surface area contributed by atoms with Crippen LogP contribution in [-0.4, -0.2) is 11.7 Å². The van der Waals surface area contributed by atoms with Crippen molar-refractivity contribution in [3.63, 3.8) is 0 Å². The molecule has 1 rings (SSSR count). The van der Waals surface area contributed by atoms with E-state index in [1.54, 1.807) is 12.3 Å². The average Bonchev–Trinajstić information content (AvgIpc) is 2.07. The predicted molar refractivity (Wildman–Crippen MR) is 55.7 cm³/mol. The van der Waals surface area contributed by atoms with Crippen LogP contribution in [0.2, 0.25) is 0 Å². The molecule has 0 fully saturated rings. The van der Waals surface area contributed by atoms with Gasteiger partial charge in [-0.15, -0.1) is 0 Å². The van der Waals surface area contributed by atoms with Crippen LogP contribution >= 0.6 is 22.6 Å². The maximum absolute atomic E-state index is 11.9. The average molecular weight is 280 g/mol. The van der Waals surface area contributed by atoms with Crippen molar-refractivity contribution >= 4 is 28.4 Å². The lowest BCUT2D eigenvalue weighted by Crippen LogP contribution is -1.96. The number of anilines is 1. The van der Waals surface area contributed by atoms with Crippen molar-refractivity contribution in [2.24, 2.45) is 0 Å². The normalized spacial score (nSPS) is 10.2. The number of hydrogen-bond acceptors (Lipinski definition) is 2. The topological polar surface area (TPSA) is 38.9 Å². The van der Waals surface area contributed by atoms with Crippen LogP contribution in [0.15, 0.2) is 12.3 Å². The van der Waals surface area contributed by atoms with E-state index in [9.17, 15) is 4.39 Å². The van der Waals surface area contributed by atoms with Gasteiger partial charge in [-0.1, -0.05) is 0 Å². The van der Waals surface area contributed by atoms with Gasteiger partial charge < -0.3 is 5.73 Å². The van der Waals surface area contributed by atoms with E-state index in [2.05, 4.69) is 27.6 Å². The molecule has 2 nitrogen and oxygen atoms in total. The third-order valence-electron chi connectivity index (χ3n) is 1.54. The van der Waals surface area contributed by atoms with E-state index in [0.717, 1.165) is 15.6 Å². The van der Waals surface area contributed by atoms with Crippen LogP contribution in [0.25, 0.3) is 0 Å². The summed E-state index contributed by atoms with van der Waals surface area (Å²) in [6.45, 7) is -0.279. The Morgan fingerprint density at radius 3 is 3.00 bits per heavy atom. The van der Waals surface area contributed by atoms with Gasteiger partial charge >= 0.3 is 0 Å². The first-order valence-corrected chi connectivity index (χ1v) is 4.78. The minimum Gasteiger partial charge on any atom is -0.384 e. The van der Waals surface area contributed by atoms with Gasteiger partial charge in [-0.05, 0) is 47.1 Å². The number of nitrogens with zero attached hydrogens (tertiary/aromatic N) is 1. The second-order valence-electron chi connectivity index (χ2n) is 2.49. The smallest absolute Gasteiger partial charge is 0.123 e. The summed E-state index contributed by atoms with van der Waals surface area (Å²) in [5.74, 6) is 0.504. The summed E-state index contributed by atoms with van der Waals surface area (Å²) in [4.78, 5) is 3.92. The molecule has 4 heteroatoms. The van der Waals surface area contributed by atoms with E-state index in [1.807, 2.05) is 0 Å². The number of nitrogen functional groups attached to an aromatic ring is 1. The molecule has 0 radical (unpaired) electrons. The first kappa shape index (κ1) is 9.70. The quantitative estimate of drug-likeness (QED) is 0.862. The zero-order valence-electron chi connectivity index (χ0n) is 6.56. The van der Waals surface area contributed by atoms with Crippen molar-refractivity contribution in [3.8, 4) is 0 Å². The minimum atomic E-state index is -0.279. The summed E-state index contributed by atoms with van der Waals surface area (Å²) in [6.07, 6.45) is 3.00. The van der Waals surface area contributed by atoms with Crippen molar-refractivity contribution in [3.05, 3.63) is 21.4 Å². The second kappa shape index (κ2) is 4.59. The fourth-order valence-electron chi connectivity index (χ4n) is 0.948. The molecule has 0 spiro atoms. The summed E-state index contributed by atoms with van der Waals surface area (Å²) in [7, 11) is 0. The Balaban J connectivity index is 2.75. The summed E-state index contributed by atoms with van der Waals surface area (Å²) < 4.78 is 12.9. The lowest BCUT2D eigenvalue weighted by Gasteiger charge is -2.02. The van der Waals surface area contributed by atoms with Gasteiger partial charge in [-0.25, -0.2) is 4.98 Å². The number of aromatic nitrogens is 1. The summed E-state index contributed by atoms with van der Waals surface area (Å²) >= 11 is 2.18. The van der Waals surface area contributed by atoms with E-state index in [0.29, 0.717) is 12.2 Å². The van der Waals surface area contributed by atoms with Crippen LogP contribution in [0, 0.1) is 3.57 Å². The molecule has 66 valence electrons. The van der Waals surface area contributed by atoms with Crippen molar-refractivity contribution < 1.29 is 4.39 Å². The minimum absolute atomic E-state index is 0.279. The van der Waals surface area contributed by atoms with Gasteiger partial charge in [0.2, 0.25) is 0 Å². The van der Waals surface area contributed by atoms with Crippen LogP contribution in [0.5, 0.6) is 0 Å². The zero-order chi connectivity index (χ0) is 8.97. The molecule has 0 saturated carbocycles. The number of aryl methyl sites for hydroxylation is 1. The van der Waals surface area contributed by atoms with Crippen LogP contribution in [-0.2, 0) is 6.42 Å². The first-order valence-electron chi connectivity index (χ1n) is 3.70. The number of halogens is 2. The molecule has 12 heavy (non-hydrogen) atoms. The Bertz CT molecular complexity index is 265. The highest BCUT2D eigenvalue weighted by molar-refractivity contribution is 14.1. The predicted octanol–water partition coefficient (Wildman–Crippen LogP) is 2.17. The summed E-state index contributed by atoms with van der Waals surface area (Å²) in [5.41, 5.74) is 6.58. The first-order chi connectivity index (χ1) is 5.74. The standard InChI is InChI=1S/C8H10FIN2/c9-3-1-2-6-4-8(11)12-5-7(6)10/h4-5H,1-3H2,(H2,11,12). The van der Waals surface area contributed by atoms with Gasteiger partial charge in [0.05, 0.1) is 6.67 Å². The molecule has 2 N–H and O–H groups in total. The third-order valence-corrected chi connectivity index (χ3v) is 2.51. The molecule has 0 aromatic carbocycles. The highest BCUT2D eigenvalue weighted by atomic mass is 127. The highest BCUT2D eigenvalue weighted by Crippen LogP contribution is 2.14. The largest absolute Gasteiger partial charge is 0.384 e. The zero-order valence-corrected chi connectivity index (χ0v) is 8.71.